The standard InChI is InChI=1S/C24H34N2O4S/c1-17(2)30-23-11-7-9-21(16-23)10-8-14-25-24(27)20(5)26(31(6,28)29)22-13-12-18(3)19(4)15-22/h7,9,11-13,15-17,20H,8,10,14H2,1-6H3,(H,25,27)/t20-/m1/s1. The second kappa shape index (κ2) is 10.7. The zero-order valence-electron chi connectivity index (χ0n) is 19.3. The molecule has 2 rings (SSSR count). The third kappa shape index (κ3) is 7.28. The Bertz CT molecular complexity index is 1000. The molecule has 0 saturated heterocycles. The molecule has 0 unspecified atom stereocenters. The monoisotopic (exact) mass is 446 g/mol. The van der Waals surface area contributed by atoms with E-state index >= 15 is 0 Å². The van der Waals surface area contributed by atoms with E-state index in [1.54, 1.807) is 19.1 Å². The zero-order chi connectivity index (χ0) is 23.2. The van der Waals surface area contributed by atoms with Crippen molar-refractivity contribution < 1.29 is 17.9 Å². The van der Waals surface area contributed by atoms with Gasteiger partial charge in [0.25, 0.3) is 0 Å². The topological polar surface area (TPSA) is 75.7 Å². The molecule has 7 heteroatoms. The van der Waals surface area contributed by atoms with Gasteiger partial charge in [-0.3, -0.25) is 9.10 Å². The van der Waals surface area contributed by atoms with Crippen LogP contribution in [0.3, 0.4) is 0 Å². The van der Waals surface area contributed by atoms with E-state index in [1.165, 1.54) is 4.31 Å². The molecule has 0 saturated carbocycles. The SMILES string of the molecule is Cc1ccc(N([C@H](C)C(=O)NCCCc2cccc(OC(C)C)c2)S(C)(=O)=O)cc1C. The average molecular weight is 447 g/mol. The number of benzene rings is 2. The van der Waals surface area contributed by atoms with Crippen LogP contribution >= 0.6 is 0 Å². The first-order chi connectivity index (χ1) is 14.5. The minimum absolute atomic E-state index is 0.117. The van der Waals surface area contributed by atoms with Crippen molar-refractivity contribution in [2.75, 3.05) is 17.1 Å². The largest absolute Gasteiger partial charge is 0.491 e. The highest BCUT2D eigenvalue weighted by atomic mass is 32.2. The molecule has 2 aromatic rings. The summed E-state index contributed by atoms with van der Waals surface area (Å²) < 4.78 is 31.8. The number of ether oxygens (including phenoxy) is 1. The number of nitrogens with zero attached hydrogens (tertiary/aromatic N) is 1. The van der Waals surface area contributed by atoms with Crippen molar-refractivity contribution in [1.29, 1.82) is 0 Å². The van der Waals surface area contributed by atoms with Crippen molar-refractivity contribution >= 4 is 21.6 Å². The molecule has 0 spiro atoms. The molecule has 0 aromatic heterocycles. The fourth-order valence-corrected chi connectivity index (χ4v) is 4.54. The summed E-state index contributed by atoms with van der Waals surface area (Å²) in [6.45, 7) is 9.93. The van der Waals surface area contributed by atoms with Gasteiger partial charge in [-0.25, -0.2) is 8.42 Å². The second-order valence-electron chi connectivity index (χ2n) is 8.21. The van der Waals surface area contributed by atoms with E-state index in [2.05, 4.69) is 5.32 Å². The summed E-state index contributed by atoms with van der Waals surface area (Å²) in [5.74, 6) is 0.517. The van der Waals surface area contributed by atoms with Crippen molar-refractivity contribution in [1.82, 2.24) is 5.32 Å². The van der Waals surface area contributed by atoms with Crippen LogP contribution in [0.1, 0.15) is 43.9 Å². The van der Waals surface area contributed by atoms with Gasteiger partial charge in [0.05, 0.1) is 18.0 Å². The Morgan fingerprint density at radius 3 is 2.39 bits per heavy atom. The first-order valence-corrected chi connectivity index (χ1v) is 12.4. The number of aryl methyl sites for hydroxylation is 3. The van der Waals surface area contributed by atoms with Crippen LogP contribution in [0.4, 0.5) is 5.69 Å². The Morgan fingerprint density at radius 1 is 1.06 bits per heavy atom. The Balaban J connectivity index is 1.98. The lowest BCUT2D eigenvalue weighted by atomic mass is 10.1. The van der Waals surface area contributed by atoms with Crippen molar-refractivity contribution in [2.24, 2.45) is 0 Å². The van der Waals surface area contributed by atoms with Crippen LogP contribution in [0.5, 0.6) is 5.75 Å². The van der Waals surface area contributed by atoms with Crippen LogP contribution < -0.4 is 14.4 Å². The molecular formula is C24H34N2O4S. The Labute approximate surface area is 186 Å². The molecule has 0 fully saturated rings. The maximum absolute atomic E-state index is 12.7. The summed E-state index contributed by atoms with van der Waals surface area (Å²) in [6, 6.07) is 12.5. The van der Waals surface area contributed by atoms with Gasteiger partial charge in [-0.1, -0.05) is 18.2 Å². The van der Waals surface area contributed by atoms with Gasteiger partial charge in [0.1, 0.15) is 11.8 Å². The van der Waals surface area contributed by atoms with Crippen molar-refractivity contribution in [3.05, 3.63) is 59.2 Å². The number of hydrogen-bond acceptors (Lipinski definition) is 4. The molecule has 0 aliphatic carbocycles. The van der Waals surface area contributed by atoms with Gasteiger partial charge in [-0.2, -0.15) is 0 Å². The molecule has 31 heavy (non-hydrogen) atoms. The van der Waals surface area contributed by atoms with Gasteiger partial charge < -0.3 is 10.1 Å². The normalized spacial score (nSPS) is 12.5. The zero-order valence-corrected chi connectivity index (χ0v) is 20.1. The molecule has 0 heterocycles. The molecule has 1 amide bonds. The molecule has 0 aliphatic rings. The molecule has 1 N–H and O–H groups in total. The molecule has 0 radical (unpaired) electrons. The summed E-state index contributed by atoms with van der Waals surface area (Å²) >= 11 is 0. The van der Waals surface area contributed by atoms with Crippen LogP contribution in [0, 0.1) is 13.8 Å². The van der Waals surface area contributed by atoms with E-state index in [4.69, 9.17) is 4.74 Å². The number of rotatable bonds is 10. The highest BCUT2D eigenvalue weighted by molar-refractivity contribution is 7.92. The van der Waals surface area contributed by atoms with Gasteiger partial charge in [0.15, 0.2) is 0 Å². The highest BCUT2D eigenvalue weighted by Crippen LogP contribution is 2.24. The number of sulfonamides is 1. The number of amides is 1. The Kier molecular flexibility index (Phi) is 8.51. The van der Waals surface area contributed by atoms with Gasteiger partial charge in [0.2, 0.25) is 15.9 Å². The summed E-state index contributed by atoms with van der Waals surface area (Å²) in [5.41, 5.74) is 3.67. The maximum Gasteiger partial charge on any atom is 0.243 e. The fourth-order valence-electron chi connectivity index (χ4n) is 3.37. The minimum atomic E-state index is -3.62. The van der Waals surface area contributed by atoms with E-state index in [9.17, 15) is 13.2 Å². The highest BCUT2D eigenvalue weighted by Gasteiger charge is 2.29. The maximum atomic E-state index is 12.7. The third-order valence-electron chi connectivity index (χ3n) is 5.05. The predicted molar refractivity (Wildman–Crippen MR) is 126 cm³/mol. The quantitative estimate of drug-likeness (QED) is 0.560. The lowest BCUT2D eigenvalue weighted by Crippen LogP contribution is -2.48. The molecule has 0 bridgehead atoms. The molecule has 1 atom stereocenters. The van der Waals surface area contributed by atoms with E-state index in [1.807, 2.05) is 58.0 Å². The predicted octanol–water partition coefficient (Wildman–Crippen LogP) is 3.99. The van der Waals surface area contributed by atoms with Gasteiger partial charge in [-0.15, -0.1) is 0 Å². The molecule has 170 valence electrons. The van der Waals surface area contributed by atoms with Crippen LogP contribution in [0.25, 0.3) is 0 Å². The summed E-state index contributed by atoms with van der Waals surface area (Å²) in [7, 11) is -3.62. The van der Waals surface area contributed by atoms with E-state index in [-0.39, 0.29) is 12.0 Å². The number of carbonyl (C=O) groups excluding carboxylic acids is 1. The summed E-state index contributed by atoms with van der Waals surface area (Å²) in [5, 5.41) is 2.87. The van der Waals surface area contributed by atoms with Crippen LogP contribution in [-0.2, 0) is 21.2 Å². The second-order valence-corrected chi connectivity index (χ2v) is 10.1. The van der Waals surface area contributed by atoms with Crippen molar-refractivity contribution in [2.45, 2.75) is 59.6 Å². The van der Waals surface area contributed by atoms with E-state index in [0.29, 0.717) is 12.2 Å². The van der Waals surface area contributed by atoms with Crippen molar-refractivity contribution in [3.63, 3.8) is 0 Å². The van der Waals surface area contributed by atoms with Crippen LogP contribution in [0.2, 0.25) is 0 Å². The smallest absolute Gasteiger partial charge is 0.243 e. The van der Waals surface area contributed by atoms with Gasteiger partial charge in [0, 0.05) is 6.54 Å². The molecular weight excluding hydrogens is 412 g/mol. The van der Waals surface area contributed by atoms with Crippen molar-refractivity contribution in [3.8, 4) is 5.75 Å². The first kappa shape index (κ1) is 24.7. The third-order valence-corrected chi connectivity index (χ3v) is 6.29. The van der Waals surface area contributed by atoms with E-state index < -0.39 is 16.1 Å². The fraction of sp³-hybridized carbons (Fsp3) is 0.458. The molecule has 0 aliphatic heterocycles. The summed E-state index contributed by atoms with van der Waals surface area (Å²) in [4.78, 5) is 12.7. The number of carbonyl (C=O) groups is 1. The van der Waals surface area contributed by atoms with Crippen LogP contribution in [0.15, 0.2) is 42.5 Å². The molecule has 2 aromatic carbocycles. The number of hydrogen-bond donors (Lipinski definition) is 1. The van der Waals surface area contributed by atoms with Gasteiger partial charge in [-0.05, 0) is 88.4 Å². The van der Waals surface area contributed by atoms with E-state index in [0.717, 1.165) is 41.5 Å². The lowest BCUT2D eigenvalue weighted by Gasteiger charge is -2.28. The van der Waals surface area contributed by atoms with Gasteiger partial charge >= 0.3 is 0 Å². The number of nitrogens with one attached hydrogen (secondary N) is 1. The summed E-state index contributed by atoms with van der Waals surface area (Å²) in [6.07, 6.45) is 2.77. The molecule has 6 nitrogen and oxygen atoms in total. The number of anilines is 1. The van der Waals surface area contributed by atoms with Crippen LogP contribution in [-0.4, -0.2) is 39.3 Å². The Hall–Kier alpha value is -2.54. The Morgan fingerprint density at radius 2 is 1.77 bits per heavy atom. The lowest BCUT2D eigenvalue weighted by molar-refractivity contribution is -0.121. The first-order valence-electron chi connectivity index (χ1n) is 10.6. The minimum Gasteiger partial charge on any atom is -0.491 e. The average Bonchev–Trinajstić information content (AvgIpc) is 2.66.